The van der Waals surface area contributed by atoms with Gasteiger partial charge in [0.05, 0.1) is 12.8 Å². The summed E-state index contributed by atoms with van der Waals surface area (Å²) in [6.07, 6.45) is 1.27. The van der Waals surface area contributed by atoms with Gasteiger partial charge in [0.2, 0.25) is 0 Å². The van der Waals surface area contributed by atoms with Crippen molar-refractivity contribution in [1.29, 1.82) is 0 Å². The monoisotopic (exact) mass is 501 g/mol. The van der Waals surface area contributed by atoms with E-state index in [1.165, 1.54) is 43.5 Å². The van der Waals surface area contributed by atoms with Crippen LogP contribution in [-0.2, 0) is 14.4 Å². The average molecular weight is 501 g/mol. The van der Waals surface area contributed by atoms with Crippen LogP contribution in [0.15, 0.2) is 72.3 Å². The van der Waals surface area contributed by atoms with Crippen LogP contribution < -0.4 is 25.0 Å². The van der Waals surface area contributed by atoms with E-state index in [4.69, 9.17) is 9.47 Å². The van der Waals surface area contributed by atoms with Crippen molar-refractivity contribution in [3.8, 4) is 17.2 Å². The lowest BCUT2D eigenvalue weighted by Crippen LogP contribution is -2.54. The number of hydrogen-bond donors (Lipinski definition) is 3. The number of barbiturate groups is 1. The van der Waals surface area contributed by atoms with Gasteiger partial charge >= 0.3 is 6.03 Å². The second-order valence-electron chi connectivity index (χ2n) is 8.08. The Balaban J connectivity index is 1.60. The topological polar surface area (TPSA) is 134 Å². The molecule has 10 heteroatoms. The Labute approximate surface area is 212 Å². The Bertz CT molecular complexity index is 1410. The van der Waals surface area contributed by atoms with Gasteiger partial charge in [-0.2, -0.15) is 0 Å². The fourth-order valence-corrected chi connectivity index (χ4v) is 3.60. The van der Waals surface area contributed by atoms with Crippen molar-refractivity contribution < 1.29 is 33.8 Å². The molecule has 188 valence electrons. The van der Waals surface area contributed by atoms with Crippen molar-refractivity contribution in [1.82, 2.24) is 5.32 Å². The van der Waals surface area contributed by atoms with Crippen LogP contribution in [0.1, 0.15) is 11.1 Å². The third-order valence-corrected chi connectivity index (χ3v) is 5.39. The molecule has 0 aliphatic carbocycles. The van der Waals surface area contributed by atoms with Gasteiger partial charge in [-0.3, -0.25) is 19.7 Å². The number of methoxy groups -OCH3 is 1. The number of anilines is 2. The lowest BCUT2D eigenvalue weighted by atomic mass is 10.1. The van der Waals surface area contributed by atoms with Crippen molar-refractivity contribution in [3.63, 3.8) is 0 Å². The average Bonchev–Trinajstić information content (AvgIpc) is 2.86. The normalized spacial score (nSPS) is 14.4. The molecule has 0 unspecified atom stereocenters. The second kappa shape index (κ2) is 10.6. The number of imide groups is 2. The first-order chi connectivity index (χ1) is 17.7. The molecule has 1 aliphatic heterocycles. The molecule has 5 amide bonds. The smallest absolute Gasteiger partial charge is 0.335 e. The second-order valence-corrected chi connectivity index (χ2v) is 8.08. The number of ether oxygens (including phenoxy) is 2. The standard InChI is InChI=1S/C27H23N3O7/c1-16-4-3-5-18(12-16)28-24(32)15-37-23-14-21(36-2)11-6-17(23)13-22-25(33)29-27(35)30(26(22)34)19-7-9-20(31)10-8-19/h3-14,31H,15H2,1-2H3,(H,28,32)(H,29,33,35)/b22-13+. The number of benzene rings is 3. The van der Waals surface area contributed by atoms with Gasteiger partial charge in [-0.1, -0.05) is 12.1 Å². The SMILES string of the molecule is COc1ccc(/C=C2\C(=O)NC(=O)N(c3ccc(O)cc3)C2=O)c(OCC(=O)Nc2cccc(C)c2)c1. The Morgan fingerprint density at radius 3 is 2.51 bits per heavy atom. The number of phenolic OH excluding ortho intramolecular Hbond substituents is 1. The molecular formula is C27H23N3O7. The first kappa shape index (κ1) is 25.0. The number of carbonyl (C=O) groups excluding carboxylic acids is 4. The lowest BCUT2D eigenvalue weighted by Gasteiger charge is -2.26. The van der Waals surface area contributed by atoms with Crippen molar-refractivity contribution in [3.05, 3.63) is 83.4 Å². The summed E-state index contributed by atoms with van der Waals surface area (Å²) in [5.74, 6) is -1.60. The van der Waals surface area contributed by atoms with Gasteiger partial charge in [0.1, 0.15) is 22.8 Å². The van der Waals surface area contributed by atoms with E-state index in [1.807, 2.05) is 25.1 Å². The summed E-state index contributed by atoms with van der Waals surface area (Å²) in [6.45, 7) is 1.55. The Morgan fingerprint density at radius 2 is 1.81 bits per heavy atom. The van der Waals surface area contributed by atoms with Crippen molar-refractivity contribution in [2.24, 2.45) is 0 Å². The number of nitrogens with zero attached hydrogens (tertiary/aromatic N) is 1. The largest absolute Gasteiger partial charge is 0.508 e. The number of aromatic hydroxyl groups is 1. The zero-order chi connectivity index (χ0) is 26.5. The minimum Gasteiger partial charge on any atom is -0.508 e. The highest BCUT2D eigenvalue weighted by atomic mass is 16.5. The quantitative estimate of drug-likeness (QED) is 0.334. The number of urea groups is 1. The maximum atomic E-state index is 13.2. The highest BCUT2D eigenvalue weighted by Crippen LogP contribution is 2.29. The molecule has 3 aromatic carbocycles. The first-order valence-corrected chi connectivity index (χ1v) is 11.1. The van der Waals surface area contributed by atoms with E-state index < -0.39 is 23.8 Å². The molecule has 0 radical (unpaired) electrons. The van der Waals surface area contributed by atoms with Crippen LogP contribution in [-0.4, -0.2) is 42.6 Å². The van der Waals surface area contributed by atoms with Crippen LogP contribution in [0.4, 0.5) is 16.2 Å². The molecule has 1 heterocycles. The summed E-state index contributed by atoms with van der Waals surface area (Å²) in [6, 6.07) is 16.4. The van der Waals surface area contributed by atoms with Gasteiger partial charge in [0, 0.05) is 17.3 Å². The fraction of sp³-hybridized carbons (Fsp3) is 0.111. The first-order valence-electron chi connectivity index (χ1n) is 11.1. The van der Waals surface area contributed by atoms with Gasteiger partial charge < -0.3 is 19.9 Å². The molecule has 4 rings (SSSR count). The number of hydrogen-bond acceptors (Lipinski definition) is 7. The van der Waals surface area contributed by atoms with Crippen LogP contribution >= 0.6 is 0 Å². The van der Waals surface area contributed by atoms with Gasteiger partial charge in [-0.05, 0) is 67.1 Å². The summed E-state index contributed by atoms with van der Waals surface area (Å²) in [5.41, 5.74) is 1.74. The molecule has 0 aromatic heterocycles. The van der Waals surface area contributed by atoms with Gasteiger partial charge in [0.25, 0.3) is 17.7 Å². The Hall–Kier alpha value is -5.12. The van der Waals surface area contributed by atoms with Crippen molar-refractivity contribution in [2.75, 3.05) is 23.9 Å². The van der Waals surface area contributed by atoms with E-state index in [9.17, 15) is 24.3 Å². The van der Waals surface area contributed by atoms with Gasteiger partial charge in [0.15, 0.2) is 6.61 Å². The van der Waals surface area contributed by atoms with Crippen LogP contribution in [0.5, 0.6) is 17.2 Å². The molecule has 0 saturated carbocycles. The molecule has 0 atom stereocenters. The van der Waals surface area contributed by atoms with E-state index in [0.717, 1.165) is 10.5 Å². The maximum Gasteiger partial charge on any atom is 0.335 e. The maximum absolute atomic E-state index is 13.2. The van der Waals surface area contributed by atoms with Crippen LogP contribution in [0, 0.1) is 6.92 Å². The number of phenols is 1. The molecule has 10 nitrogen and oxygen atoms in total. The van der Waals surface area contributed by atoms with Crippen molar-refractivity contribution in [2.45, 2.75) is 6.92 Å². The number of aryl methyl sites for hydroxylation is 1. The molecule has 1 saturated heterocycles. The van der Waals surface area contributed by atoms with E-state index in [-0.39, 0.29) is 29.4 Å². The van der Waals surface area contributed by atoms with Gasteiger partial charge in [-0.25, -0.2) is 9.69 Å². The number of amides is 5. The highest BCUT2D eigenvalue weighted by Gasteiger charge is 2.37. The van der Waals surface area contributed by atoms with E-state index in [1.54, 1.807) is 18.2 Å². The van der Waals surface area contributed by atoms with Crippen LogP contribution in [0.25, 0.3) is 6.08 Å². The molecule has 0 spiro atoms. The summed E-state index contributed by atoms with van der Waals surface area (Å²) in [5, 5.41) is 14.4. The lowest BCUT2D eigenvalue weighted by molar-refractivity contribution is -0.122. The predicted molar refractivity (Wildman–Crippen MR) is 135 cm³/mol. The molecule has 3 N–H and O–H groups in total. The van der Waals surface area contributed by atoms with Crippen molar-refractivity contribution >= 4 is 41.2 Å². The predicted octanol–water partition coefficient (Wildman–Crippen LogP) is 3.39. The minimum atomic E-state index is -0.920. The minimum absolute atomic E-state index is 0.0492. The molecular weight excluding hydrogens is 478 g/mol. The summed E-state index contributed by atoms with van der Waals surface area (Å²) < 4.78 is 10.9. The number of nitrogens with one attached hydrogen (secondary N) is 2. The summed E-state index contributed by atoms with van der Waals surface area (Å²) in [7, 11) is 1.46. The van der Waals surface area contributed by atoms with E-state index in [2.05, 4.69) is 10.6 Å². The van der Waals surface area contributed by atoms with Crippen LogP contribution in [0.3, 0.4) is 0 Å². The molecule has 3 aromatic rings. The third kappa shape index (κ3) is 5.76. The molecule has 37 heavy (non-hydrogen) atoms. The zero-order valence-electron chi connectivity index (χ0n) is 20.0. The Kier molecular flexibility index (Phi) is 7.19. The number of rotatable bonds is 7. The summed E-state index contributed by atoms with van der Waals surface area (Å²) >= 11 is 0. The molecule has 0 bridgehead atoms. The zero-order valence-corrected chi connectivity index (χ0v) is 20.0. The fourth-order valence-electron chi connectivity index (χ4n) is 3.60. The Morgan fingerprint density at radius 1 is 1.05 bits per heavy atom. The van der Waals surface area contributed by atoms with E-state index >= 15 is 0 Å². The summed E-state index contributed by atoms with van der Waals surface area (Å²) in [4.78, 5) is 51.3. The third-order valence-electron chi connectivity index (χ3n) is 5.39. The van der Waals surface area contributed by atoms with Gasteiger partial charge in [-0.15, -0.1) is 0 Å². The number of carbonyl (C=O) groups is 4. The van der Waals surface area contributed by atoms with E-state index in [0.29, 0.717) is 17.0 Å². The highest BCUT2D eigenvalue weighted by molar-refractivity contribution is 6.39. The molecule has 1 aliphatic rings. The van der Waals surface area contributed by atoms with Crippen LogP contribution in [0.2, 0.25) is 0 Å². The molecule has 1 fully saturated rings.